The van der Waals surface area contributed by atoms with E-state index in [1.807, 2.05) is 25.1 Å². The van der Waals surface area contributed by atoms with Crippen molar-refractivity contribution in [1.29, 1.82) is 0 Å². The highest BCUT2D eigenvalue weighted by Gasteiger charge is 2.11. The molecule has 0 radical (unpaired) electrons. The molecule has 4 heteroatoms. The number of hydrogen-bond acceptors (Lipinski definition) is 4. The van der Waals surface area contributed by atoms with Crippen LogP contribution in [0.1, 0.15) is 18.9 Å². The molecule has 0 heterocycles. The lowest BCUT2D eigenvalue weighted by molar-refractivity contribution is -0.144. The third kappa shape index (κ3) is 6.94. The summed E-state index contributed by atoms with van der Waals surface area (Å²) in [6, 6.07) is 10.1. The van der Waals surface area contributed by atoms with Crippen molar-refractivity contribution in [3.05, 3.63) is 35.9 Å². The Labute approximate surface area is 115 Å². The number of hydrogen-bond donors (Lipinski definition) is 0. The minimum atomic E-state index is -0.171. The van der Waals surface area contributed by atoms with E-state index in [1.165, 1.54) is 5.56 Å². The Morgan fingerprint density at radius 2 is 2.00 bits per heavy atom. The van der Waals surface area contributed by atoms with E-state index in [1.54, 1.807) is 7.11 Å². The summed E-state index contributed by atoms with van der Waals surface area (Å²) in [5, 5.41) is 0. The maximum atomic E-state index is 11.6. The van der Waals surface area contributed by atoms with Gasteiger partial charge in [-0.25, -0.2) is 0 Å². The Bertz CT molecular complexity index is 354. The molecule has 0 saturated heterocycles. The average molecular weight is 265 g/mol. The summed E-state index contributed by atoms with van der Waals surface area (Å²) in [4.78, 5) is 13.7. The highest BCUT2D eigenvalue weighted by Crippen LogP contribution is 2.05. The van der Waals surface area contributed by atoms with Crippen LogP contribution in [0.3, 0.4) is 0 Å². The number of esters is 1. The summed E-state index contributed by atoms with van der Waals surface area (Å²) >= 11 is 0. The predicted molar refractivity (Wildman–Crippen MR) is 74.8 cm³/mol. The van der Waals surface area contributed by atoms with Crippen molar-refractivity contribution < 1.29 is 14.3 Å². The molecule has 0 atom stereocenters. The monoisotopic (exact) mass is 265 g/mol. The van der Waals surface area contributed by atoms with E-state index in [2.05, 4.69) is 17.0 Å². The van der Waals surface area contributed by atoms with E-state index in [0.717, 1.165) is 19.5 Å². The van der Waals surface area contributed by atoms with Gasteiger partial charge >= 0.3 is 5.97 Å². The molecular formula is C15H23NO3. The number of methoxy groups -OCH3 is 1. The number of ether oxygens (including phenoxy) is 2. The molecule has 0 N–H and O–H groups in total. The van der Waals surface area contributed by atoms with Crippen molar-refractivity contribution >= 4 is 5.97 Å². The molecule has 4 nitrogen and oxygen atoms in total. The SMILES string of the molecule is CCOC(=O)CN(CCCOC)Cc1ccccc1. The fourth-order valence-corrected chi connectivity index (χ4v) is 1.88. The van der Waals surface area contributed by atoms with Gasteiger partial charge in [0, 0.05) is 26.8 Å². The zero-order valence-corrected chi connectivity index (χ0v) is 11.8. The van der Waals surface area contributed by atoms with Crippen molar-refractivity contribution in [3.8, 4) is 0 Å². The Hall–Kier alpha value is -1.39. The van der Waals surface area contributed by atoms with Crippen molar-refractivity contribution in [3.63, 3.8) is 0 Å². The Kier molecular flexibility index (Phi) is 7.86. The molecular weight excluding hydrogens is 242 g/mol. The third-order valence-corrected chi connectivity index (χ3v) is 2.73. The Morgan fingerprint density at radius 1 is 1.26 bits per heavy atom. The van der Waals surface area contributed by atoms with Gasteiger partial charge in [-0.05, 0) is 18.9 Å². The van der Waals surface area contributed by atoms with E-state index in [4.69, 9.17) is 9.47 Å². The molecule has 0 spiro atoms. The molecule has 0 aliphatic heterocycles. The van der Waals surface area contributed by atoms with Gasteiger partial charge in [-0.2, -0.15) is 0 Å². The molecule has 0 aliphatic carbocycles. The number of benzene rings is 1. The zero-order chi connectivity index (χ0) is 13.9. The van der Waals surface area contributed by atoms with Crippen LogP contribution in [0.2, 0.25) is 0 Å². The molecule has 0 saturated carbocycles. The van der Waals surface area contributed by atoms with Gasteiger partial charge in [-0.15, -0.1) is 0 Å². The Balaban J connectivity index is 2.50. The number of carbonyl (C=O) groups excluding carboxylic acids is 1. The minimum absolute atomic E-state index is 0.171. The smallest absolute Gasteiger partial charge is 0.320 e. The second-order valence-electron chi connectivity index (χ2n) is 4.35. The van der Waals surface area contributed by atoms with Crippen molar-refractivity contribution in [2.75, 3.05) is 33.4 Å². The van der Waals surface area contributed by atoms with Gasteiger partial charge < -0.3 is 9.47 Å². The lowest BCUT2D eigenvalue weighted by Gasteiger charge is -2.21. The van der Waals surface area contributed by atoms with Gasteiger partial charge in [0.1, 0.15) is 0 Å². The lowest BCUT2D eigenvalue weighted by atomic mass is 10.2. The van der Waals surface area contributed by atoms with E-state index >= 15 is 0 Å². The summed E-state index contributed by atoms with van der Waals surface area (Å²) < 4.78 is 10.1. The van der Waals surface area contributed by atoms with Crippen LogP contribution < -0.4 is 0 Å². The molecule has 106 valence electrons. The molecule has 1 aromatic carbocycles. The van der Waals surface area contributed by atoms with Crippen molar-refractivity contribution in [2.24, 2.45) is 0 Å². The average Bonchev–Trinajstić information content (AvgIpc) is 2.40. The van der Waals surface area contributed by atoms with Crippen LogP contribution in [0, 0.1) is 0 Å². The molecule has 0 aromatic heterocycles. The largest absolute Gasteiger partial charge is 0.465 e. The van der Waals surface area contributed by atoms with Crippen LogP contribution in [-0.4, -0.2) is 44.3 Å². The molecule has 0 amide bonds. The van der Waals surface area contributed by atoms with E-state index in [0.29, 0.717) is 19.8 Å². The summed E-state index contributed by atoms with van der Waals surface area (Å²) in [5.74, 6) is -0.171. The maximum Gasteiger partial charge on any atom is 0.320 e. The summed E-state index contributed by atoms with van der Waals surface area (Å²) in [5.41, 5.74) is 1.20. The lowest BCUT2D eigenvalue weighted by Crippen LogP contribution is -2.32. The van der Waals surface area contributed by atoms with Crippen LogP contribution in [0.15, 0.2) is 30.3 Å². The normalized spacial score (nSPS) is 10.7. The Morgan fingerprint density at radius 3 is 2.63 bits per heavy atom. The fourth-order valence-electron chi connectivity index (χ4n) is 1.88. The molecule has 19 heavy (non-hydrogen) atoms. The molecule has 0 fully saturated rings. The quantitative estimate of drug-likeness (QED) is 0.506. The van der Waals surface area contributed by atoms with Crippen LogP contribution >= 0.6 is 0 Å². The van der Waals surface area contributed by atoms with Gasteiger partial charge in [0.05, 0.1) is 13.2 Å². The van der Waals surface area contributed by atoms with E-state index < -0.39 is 0 Å². The third-order valence-electron chi connectivity index (χ3n) is 2.73. The number of rotatable bonds is 9. The summed E-state index contributed by atoms with van der Waals surface area (Å²) in [6.45, 7) is 4.85. The van der Waals surface area contributed by atoms with Crippen LogP contribution in [0.4, 0.5) is 0 Å². The molecule has 1 aromatic rings. The first-order chi connectivity index (χ1) is 9.26. The topological polar surface area (TPSA) is 38.8 Å². The fraction of sp³-hybridized carbons (Fsp3) is 0.533. The van der Waals surface area contributed by atoms with E-state index in [-0.39, 0.29) is 5.97 Å². The second-order valence-corrected chi connectivity index (χ2v) is 4.35. The zero-order valence-electron chi connectivity index (χ0n) is 11.8. The predicted octanol–water partition coefficient (Wildman–Crippen LogP) is 2.09. The van der Waals surface area contributed by atoms with Crippen LogP contribution in [0.25, 0.3) is 0 Å². The van der Waals surface area contributed by atoms with Gasteiger partial charge in [0.25, 0.3) is 0 Å². The van der Waals surface area contributed by atoms with E-state index in [9.17, 15) is 4.79 Å². The summed E-state index contributed by atoms with van der Waals surface area (Å²) in [6.07, 6.45) is 0.905. The van der Waals surface area contributed by atoms with Gasteiger partial charge in [0.15, 0.2) is 0 Å². The summed E-state index contributed by atoms with van der Waals surface area (Å²) in [7, 11) is 1.69. The maximum absolute atomic E-state index is 11.6. The van der Waals surface area contributed by atoms with Gasteiger partial charge in [-0.1, -0.05) is 30.3 Å². The first-order valence-corrected chi connectivity index (χ1v) is 6.67. The highest BCUT2D eigenvalue weighted by molar-refractivity contribution is 5.71. The molecule has 0 aliphatic rings. The van der Waals surface area contributed by atoms with Gasteiger partial charge in [0.2, 0.25) is 0 Å². The molecule has 1 rings (SSSR count). The second kappa shape index (κ2) is 9.53. The van der Waals surface area contributed by atoms with Crippen molar-refractivity contribution in [2.45, 2.75) is 19.9 Å². The minimum Gasteiger partial charge on any atom is -0.465 e. The first-order valence-electron chi connectivity index (χ1n) is 6.67. The van der Waals surface area contributed by atoms with Crippen LogP contribution in [0.5, 0.6) is 0 Å². The number of nitrogens with zero attached hydrogens (tertiary/aromatic N) is 1. The number of carbonyl (C=O) groups is 1. The van der Waals surface area contributed by atoms with Crippen LogP contribution in [-0.2, 0) is 20.8 Å². The highest BCUT2D eigenvalue weighted by atomic mass is 16.5. The first kappa shape index (κ1) is 15.7. The standard InChI is InChI=1S/C15H23NO3/c1-3-19-15(17)13-16(10-7-11-18-2)12-14-8-5-4-6-9-14/h4-6,8-9H,3,7,10-13H2,1-2H3. The van der Waals surface area contributed by atoms with Gasteiger partial charge in [-0.3, -0.25) is 9.69 Å². The van der Waals surface area contributed by atoms with Crippen molar-refractivity contribution in [1.82, 2.24) is 4.90 Å². The molecule has 0 unspecified atom stereocenters. The molecule has 0 bridgehead atoms.